The van der Waals surface area contributed by atoms with Crippen LogP contribution < -0.4 is 0 Å². The first-order chi connectivity index (χ1) is 13.8. The summed E-state index contributed by atoms with van der Waals surface area (Å²) in [5, 5.41) is 9.23. The maximum atomic E-state index is 12.9. The average molecular weight is 414 g/mol. The molecular weight excluding hydrogens is 389 g/mol. The van der Waals surface area contributed by atoms with Crippen LogP contribution in [0.2, 0.25) is 0 Å². The van der Waals surface area contributed by atoms with Crippen LogP contribution in [0.25, 0.3) is 0 Å². The lowest BCUT2D eigenvalue weighted by molar-refractivity contribution is -0.175. The Kier molecular flexibility index (Phi) is 8.28. The van der Waals surface area contributed by atoms with E-state index in [1.165, 1.54) is 18.2 Å². The van der Waals surface area contributed by atoms with Crippen LogP contribution in [0.1, 0.15) is 36.8 Å². The van der Waals surface area contributed by atoms with Crippen molar-refractivity contribution in [3.05, 3.63) is 59.9 Å². The van der Waals surface area contributed by atoms with E-state index in [-0.39, 0.29) is 24.9 Å². The zero-order chi connectivity index (χ0) is 21.4. The molecule has 1 N–H and O–H groups in total. The van der Waals surface area contributed by atoms with Gasteiger partial charge in [0.2, 0.25) is 12.0 Å². The van der Waals surface area contributed by atoms with Crippen molar-refractivity contribution in [1.29, 1.82) is 0 Å². The molecular formula is C21H25F3O5. The van der Waals surface area contributed by atoms with E-state index in [0.29, 0.717) is 25.0 Å². The van der Waals surface area contributed by atoms with Crippen molar-refractivity contribution < 1.29 is 37.3 Å². The van der Waals surface area contributed by atoms with Gasteiger partial charge in [0.15, 0.2) is 0 Å². The van der Waals surface area contributed by atoms with Gasteiger partial charge >= 0.3 is 12.1 Å². The van der Waals surface area contributed by atoms with Crippen molar-refractivity contribution in [2.45, 2.75) is 38.1 Å². The van der Waals surface area contributed by atoms with Crippen molar-refractivity contribution in [3.8, 4) is 0 Å². The number of hydrogen-bond donors (Lipinski definition) is 1. The molecule has 0 amide bonds. The fourth-order valence-electron chi connectivity index (χ4n) is 3.23. The second kappa shape index (κ2) is 10.5. The summed E-state index contributed by atoms with van der Waals surface area (Å²) in [6.07, 6.45) is -1.31. The van der Waals surface area contributed by atoms with Crippen molar-refractivity contribution in [2.75, 3.05) is 19.8 Å². The zero-order valence-electron chi connectivity index (χ0n) is 16.2. The van der Waals surface area contributed by atoms with Crippen molar-refractivity contribution in [2.24, 2.45) is 5.92 Å². The predicted octanol–water partition coefficient (Wildman–Crippen LogP) is 4.18. The molecule has 0 radical (unpaired) electrons. The summed E-state index contributed by atoms with van der Waals surface area (Å²) < 4.78 is 55.1. The van der Waals surface area contributed by atoms with E-state index in [9.17, 15) is 23.1 Å². The highest BCUT2D eigenvalue weighted by molar-refractivity contribution is 5.86. The Hall–Kier alpha value is -2.32. The number of rotatable bonds is 9. The van der Waals surface area contributed by atoms with Crippen LogP contribution in [0.4, 0.5) is 13.2 Å². The van der Waals surface area contributed by atoms with E-state index in [4.69, 9.17) is 14.2 Å². The molecule has 3 atom stereocenters. The number of halogens is 3. The lowest BCUT2D eigenvalue weighted by Gasteiger charge is -2.36. The number of aliphatic hydroxyl groups is 1. The summed E-state index contributed by atoms with van der Waals surface area (Å²) in [4.78, 5) is 12.3. The molecule has 0 aliphatic carbocycles. The fraction of sp³-hybridized carbons (Fsp3) is 0.476. The Morgan fingerprint density at radius 3 is 2.55 bits per heavy atom. The van der Waals surface area contributed by atoms with Crippen molar-refractivity contribution in [1.82, 2.24) is 0 Å². The van der Waals surface area contributed by atoms with Crippen molar-refractivity contribution in [3.63, 3.8) is 0 Å². The van der Waals surface area contributed by atoms with E-state index in [2.05, 4.69) is 6.58 Å². The zero-order valence-corrected chi connectivity index (χ0v) is 16.2. The molecule has 0 unspecified atom stereocenters. The number of alkyl halides is 3. The summed E-state index contributed by atoms with van der Waals surface area (Å²) in [7, 11) is 0. The van der Waals surface area contributed by atoms with E-state index >= 15 is 0 Å². The molecule has 2 rings (SSSR count). The van der Waals surface area contributed by atoms with Crippen molar-refractivity contribution >= 4 is 5.97 Å². The molecule has 160 valence electrons. The maximum absolute atomic E-state index is 12.9. The Morgan fingerprint density at radius 1 is 1.31 bits per heavy atom. The number of hydrogen-bond acceptors (Lipinski definition) is 5. The number of carbonyl (C=O) groups is 1. The lowest BCUT2D eigenvalue weighted by atomic mass is 9.80. The van der Waals surface area contributed by atoms with Gasteiger partial charge in [-0.1, -0.05) is 24.8 Å². The standard InChI is InChI=1S/C21H25F3O5/c1-3-12-28-19(26)18-13-17(14-7-9-15(10-8-14)21(22,23)24)16(6-5-11-25)20(29-18)27-4-2/h3,7-10,13,16-17,20,25H,1,4-6,11-12H2,2H3/t16-,17-,20-/m1/s1. The van der Waals surface area contributed by atoms with Crippen LogP contribution in [0.3, 0.4) is 0 Å². The first-order valence-electron chi connectivity index (χ1n) is 9.37. The van der Waals surface area contributed by atoms with E-state index in [0.717, 1.165) is 12.1 Å². The van der Waals surface area contributed by atoms with Crippen LogP contribution in [-0.4, -0.2) is 37.2 Å². The normalized spacial score (nSPS) is 21.8. The number of aliphatic hydroxyl groups excluding tert-OH is 1. The summed E-state index contributed by atoms with van der Waals surface area (Å²) >= 11 is 0. The molecule has 0 aromatic heterocycles. The monoisotopic (exact) mass is 414 g/mol. The molecule has 1 aromatic rings. The number of allylic oxidation sites excluding steroid dienone is 1. The van der Waals surface area contributed by atoms with Gasteiger partial charge in [-0.25, -0.2) is 4.79 Å². The molecule has 1 aromatic carbocycles. The molecule has 8 heteroatoms. The van der Waals surface area contributed by atoms with Gasteiger partial charge in [-0.3, -0.25) is 0 Å². The number of ether oxygens (including phenoxy) is 3. The topological polar surface area (TPSA) is 65.0 Å². The summed E-state index contributed by atoms with van der Waals surface area (Å²) in [6.45, 7) is 5.52. The largest absolute Gasteiger partial charge is 0.457 e. The highest BCUT2D eigenvalue weighted by Gasteiger charge is 2.38. The summed E-state index contributed by atoms with van der Waals surface area (Å²) in [5.74, 6) is -1.50. The van der Waals surface area contributed by atoms with Gasteiger partial charge < -0.3 is 19.3 Å². The third kappa shape index (κ3) is 6.08. The molecule has 0 fully saturated rings. The molecule has 1 aliphatic rings. The minimum Gasteiger partial charge on any atom is -0.457 e. The maximum Gasteiger partial charge on any atom is 0.416 e. The number of esters is 1. The molecule has 29 heavy (non-hydrogen) atoms. The molecule has 0 saturated heterocycles. The molecule has 5 nitrogen and oxygen atoms in total. The highest BCUT2D eigenvalue weighted by Crippen LogP contribution is 2.40. The third-order valence-corrected chi connectivity index (χ3v) is 4.57. The predicted molar refractivity (Wildman–Crippen MR) is 99.7 cm³/mol. The molecule has 0 spiro atoms. The first-order valence-corrected chi connectivity index (χ1v) is 9.37. The van der Waals surface area contributed by atoms with Crippen LogP contribution in [0.15, 0.2) is 48.8 Å². The van der Waals surface area contributed by atoms with Gasteiger partial charge in [0.25, 0.3) is 0 Å². The number of carbonyl (C=O) groups excluding carboxylic acids is 1. The minimum absolute atomic E-state index is 0.00226. The van der Waals surface area contributed by atoms with Gasteiger partial charge in [-0.05, 0) is 43.5 Å². The SMILES string of the molecule is C=CCOC(=O)C1=C[C@H](c2ccc(C(F)(F)F)cc2)[C@@H](CCCO)[C@H](OCC)O1. The molecule has 0 saturated carbocycles. The minimum atomic E-state index is -4.44. The van der Waals surface area contributed by atoms with E-state index in [1.807, 2.05) is 0 Å². The molecule has 1 heterocycles. The van der Waals surface area contributed by atoms with E-state index in [1.54, 1.807) is 13.0 Å². The summed E-state index contributed by atoms with van der Waals surface area (Å²) in [6, 6.07) is 4.79. The van der Waals surface area contributed by atoms with Crippen LogP contribution >= 0.6 is 0 Å². The Balaban J connectivity index is 2.41. The van der Waals surface area contributed by atoms with Crippen LogP contribution in [0, 0.1) is 5.92 Å². The summed E-state index contributed by atoms with van der Waals surface area (Å²) in [5.41, 5.74) is -0.167. The molecule has 0 bridgehead atoms. The Labute approximate surface area is 167 Å². The number of benzene rings is 1. The lowest BCUT2D eigenvalue weighted by Crippen LogP contribution is -2.36. The van der Waals surface area contributed by atoms with E-state index < -0.39 is 29.9 Å². The van der Waals surface area contributed by atoms with Gasteiger partial charge in [0, 0.05) is 25.0 Å². The van der Waals surface area contributed by atoms with Crippen LogP contribution in [0.5, 0.6) is 0 Å². The molecule has 1 aliphatic heterocycles. The van der Waals surface area contributed by atoms with Crippen LogP contribution in [-0.2, 0) is 25.2 Å². The Bertz CT molecular complexity index is 712. The third-order valence-electron chi connectivity index (χ3n) is 4.57. The highest BCUT2D eigenvalue weighted by atomic mass is 19.4. The first kappa shape index (κ1) is 23.0. The fourth-order valence-corrected chi connectivity index (χ4v) is 3.23. The van der Waals surface area contributed by atoms with Gasteiger partial charge in [-0.15, -0.1) is 0 Å². The quantitative estimate of drug-likeness (QED) is 0.485. The smallest absolute Gasteiger partial charge is 0.416 e. The average Bonchev–Trinajstić information content (AvgIpc) is 2.70. The second-order valence-electron chi connectivity index (χ2n) is 6.53. The Morgan fingerprint density at radius 2 is 2.00 bits per heavy atom. The van der Waals surface area contributed by atoms with Gasteiger partial charge in [0.1, 0.15) is 6.61 Å². The second-order valence-corrected chi connectivity index (χ2v) is 6.53. The van der Waals surface area contributed by atoms with Gasteiger partial charge in [0.05, 0.1) is 5.56 Å². The van der Waals surface area contributed by atoms with Gasteiger partial charge in [-0.2, -0.15) is 13.2 Å².